The van der Waals surface area contributed by atoms with Crippen LogP contribution in [0, 0.1) is 23.6 Å². The molecule has 264 valence electrons. The summed E-state index contributed by atoms with van der Waals surface area (Å²) in [5, 5.41) is 23.4. The van der Waals surface area contributed by atoms with Gasteiger partial charge in [0.2, 0.25) is 17.7 Å². The predicted octanol–water partition coefficient (Wildman–Crippen LogP) is 3.47. The zero-order chi connectivity index (χ0) is 34.7. The van der Waals surface area contributed by atoms with Gasteiger partial charge < -0.3 is 25.5 Å². The van der Waals surface area contributed by atoms with Crippen molar-refractivity contribution in [1.29, 1.82) is 0 Å². The second kappa shape index (κ2) is 15.4. The number of hydrogen-bond acceptors (Lipinski definition) is 7. The summed E-state index contributed by atoms with van der Waals surface area (Å²) in [6.45, 7) is 6.53. The van der Waals surface area contributed by atoms with E-state index in [-0.39, 0.29) is 53.4 Å². The zero-order valence-corrected chi connectivity index (χ0v) is 28.0. The van der Waals surface area contributed by atoms with Crippen molar-refractivity contribution >= 4 is 23.4 Å². The van der Waals surface area contributed by atoms with Crippen molar-refractivity contribution < 1.29 is 32.7 Å². The highest BCUT2D eigenvalue weighted by molar-refractivity contribution is 5.95. The number of piperazine rings is 1. The van der Waals surface area contributed by atoms with Gasteiger partial charge in [0.05, 0.1) is 17.4 Å². The number of rotatable bonds is 15. The Morgan fingerprint density at radius 1 is 1.06 bits per heavy atom. The molecular weight excluding hydrogens is 627 g/mol. The second-order valence-electron chi connectivity index (χ2n) is 13.7. The monoisotopic (exact) mass is 675 g/mol. The minimum absolute atomic E-state index is 0.0707. The molecule has 0 radical (unpaired) electrons. The first-order valence-corrected chi connectivity index (χ1v) is 17.0. The Labute approximate surface area is 279 Å². The van der Waals surface area contributed by atoms with Crippen LogP contribution in [0.4, 0.5) is 18.9 Å². The summed E-state index contributed by atoms with van der Waals surface area (Å²) in [5.74, 6) is -1.91. The molecular formula is C34H48F3N7O4. The van der Waals surface area contributed by atoms with Gasteiger partial charge in [0.15, 0.2) is 0 Å². The van der Waals surface area contributed by atoms with E-state index < -0.39 is 48.9 Å². The third-order valence-corrected chi connectivity index (χ3v) is 10.1. The topological polar surface area (TPSA) is 132 Å². The van der Waals surface area contributed by atoms with Crippen molar-refractivity contribution in [2.75, 3.05) is 32.0 Å². The van der Waals surface area contributed by atoms with E-state index in [2.05, 4.69) is 25.9 Å². The number of hydrogen-bond donors (Lipinski definition) is 4. The van der Waals surface area contributed by atoms with Crippen LogP contribution in [0.1, 0.15) is 76.3 Å². The Morgan fingerprint density at radius 3 is 2.33 bits per heavy atom. The molecule has 2 saturated carbocycles. The van der Waals surface area contributed by atoms with Crippen molar-refractivity contribution in [1.82, 2.24) is 30.2 Å². The SMILES string of the molecule is CCC(=O)N[C@@H](C(=O)N1CCN(C)[C@H](C)C1)[C@@H](C)c1ccc(NC(=O)[C@@H](NC(O)c2ccnn2CC(F)F)C(C2CC2)C2CC2)c(F)c1. The maximum absolute atomic E-state index is 15.7. The Balaban J connectivity index is 1.33. The molecule has 0 spiro atoms. The van der Waals surface area contributed by atoms with Gasteiger partial charge in [-0.25, -0.2) is 13.2 Å². The highest BCUT2D eigenvalue weighted by Crippen LogP contribution is 2.51. The van der Waals surface area contributed by atoms with Gasteiger partial charge in [0.1, 0.15) is 24.6 Å². The molecule has 14 heteroatoms. The van der Waals surface area contributed by atoms with Gasteiger partial charge in [0, 0.05) is 44.2 Å². The molecule has 11 nitrogen and oxygen atoms in total. The molecule has 5 rings (SSSR count). The first-order chi connectivity index (χ1) is 22.9. The number of alkyl halides is 2. The quantitative estimate of drug-likeness (QED) is 0.213. The molecule has 1 aromatic carbocycles. The molecule has 3 aliphatic rings. The number of aliphatic hydroxyl groups is 1. The summed E-state index contributed by atoms with van der Waals surface area (Å²) < 4.78 is 43.0. The normalized spacial score (nSPS) is 21.2. The molecule has 2 heterocycles. The third kappa shape index (κ3) is 8.56. The fourth-order valence-corrected chi connectivity index (χ4v) is 6.81. The molecule has 3 fully saturated rings. The van der Waals surface area contributed by atoms with E-state index >= 15 is 4.39 Å². The Hall–Kier alpha value is -3.49. The van der Waals surface area contributed by atoms with Crippen LogP contribution in [0.2, 0.25) is 0 Å². The minimum atomic E-state index is -2.68. The van der Waals surface area contributed by atoms with Crippen molar-refractivity contribution in [2.24, 2.45) is 17.8 Å². The molecule has 3 amide bonds. The van der Waals surface area contributed by atoms with E-state index in [0.717, 1.165) is 30.4 Å². The average Bonchev–Trinajstić information content (AvgIpc) is 4.00. The number of carbonyl (C=O) groups is 3. The average molecular weight is 676 g/mol. The number of carbonyl (C=O) groups excluding carboxylic acids is 3. The van der Waals surface area contributed by atoms with E-state index in [9.17, 15) is 28.3 Å². The smallest absolute Gasteiger partial charge is 0.257 e. The standard InChI is InChI=1S/C34H48F3N7O4/c1-5-28(45)40-30(34(48)43-15-14-42(4)19(2)17-43)20(3)23-10-11-25(24(35)16-23)39-33(47)31(29(21-6-7-21)22-8-9-22)41-32(46)26-12-13-38-44(26)18-27(36)37/h10-13,16,19-22,27,29-32,41,46H,5-9,14-15,17-18H2,1-4H3,(H,39,47)(H,40,45)/t19-,20+,30-,31+,32?/m1/s1. The number of nitrogens with one attached hydrogen (secondary N) is 3. The summed E-state index contributed by atoms with van der Waals surface area (Å²) in [5.41, 5.74) is 0.514. The molecule has 2 aromatic rings. The van der Waals surface area contributed by atoms with E-state index in [1.54, 1.807) is 24.8 Å². The van der Waals surface area contributed by atoms with E-state index in [1.807, 2.05) is 14.0 Å². The van der Waals surface area contributed by atoms with Gasteiger partial charge in [-0.2, -0.15) is 5.10 Å². The van der Waals surface area contributed by atoms with Crippen molar-refractivity contribution in [3.05, 3.63) is 47.5 Å². The van der Waals surface area contributed by atoms with Gasteiger partial charge in [-0.15, -0.1) is 0 Å². The van der Waals surface area contributed by atoms with Gasteiger partial charge >= 0.3 is 0 Å². The van der Waals surface area contributed by atoms with E-state index in [0.29, 0.717) is 25.2 Å². The molecule has 5 atom stereocenters. The Bertz CT molecular complexity index is 1440. The summed E-state index contributed by atoms with van der Waals surface area (Å²) in [6, 6.07) is 4.10. The van der Waals surface area contributed by atoms with Gasteiger partial charge in [-0.1, -0.05) is 19.9 Å². The lowest BCUT2D eigenvalue weighted by Gasteiger charge is -2.40. The third-order valence-electron chi connectivity index (χ3n) is 10.1. The maximum Gasteiger partial charge on any atom is 0.257 e. The zero-order valence-electron chi connectivity index (χ0n) is 28.0. The molecule has 0 bridgehead atoms. The first-order valence-electron chi connectivity index (χ1n) is 17.0. The van der Waals surface area contributed by atoms with Crippen LogP contribution >= 0.6 is 0 Å². The molecule has 1 unspecified atom stereocenters. The summed E-state index contributed by atoms with van der Waals surface area (Å²) >= 11 is 0. The predicted molar refractivity (Wildman–Crippen MR) is 173 cm³/mol. The van der Waals surface area contributed by atoms with Crippen molar-refractivity contribution in [2.45, 2.75) is 96.1 Å². The lowest BCUT2D eigenvalue weighted by Crippen LogP contribution is -2.58. The van der Waals surface area contributed by atoms with Crippen LogP contribution in [0.25, 0.3) is 0 Å². The fourth-order valence-electron chi connectivity index (χ4n) is 6.81. The maximum atomic E-state index is 15.7. The number of likely N-dealkylation sites (N-methyl/N-ethyl adjacent to an activating group) is 1. The molecule has 1 aliphatic heterocycles. The van der Waals surface area contributed by atoms with Crippen LogP contribution in [0.3, 0.4) is 0 Å². The largest absolute Gasteiger partial charge is 0.373 e. The minimum Gasteiger partial charge on any atom is -0.373 e. The van der Waals surface area contributed by atoms with Crippen LogP contribution in [-0.4, -0.2) is 93.6 Å². The Morgan fingerprint density at radius 2 is 1.75 bits per heavy atom. The van der Waals surface area contributed by atoms with Crippen molar-refractivity contribution in [3.63, 3.8) is 0 Å². The van der Waals surface area contributed by atoms with E-state index in [4.69, 9.17) is 0 Å². The van der Waals surface area contributed by atoms with Crippen LogP contribution < -0.4 is 16.0 Å². The number of benzene rings is 1. The summed E-state index contributed by atoms with van der Waals surface area (Å²) in [4.78, 5) is 43.9. The lowest BCUT2D eigenvalue weighted by atomic mass is 9.88. The molecule has 2 aliphatic carbocycles. The lowest BCUT2D eigenvalue weighted by molar-refractivity contribution is -0.139. The van der Waals surface area contributed by atoms with Gasteiger partial charge in [-0.05, 0) is 81.2 Å². The number of amides is 3. The van der Waals surface area contributed by atoms with Crippen LogP contribution in [-0.2, 0) is 20.9 Å². The molecule has 4 N–H and O–H groups in total. The molecule has 48 heavy (non-hydrogen) atoms. The highest BCUT2D eigenvalue weighted by atomic mass is 19.3. The fraction of sp³-hybridized carbons (Fsp3) is 0.647. The highest BCUT2D eigenvalue weighted by Gasteiger charge is 2.48. The second-order valence-corrected chi connectivity index (χ2v) is 13.7. The summed E-state index contributed by atoms with van der Waals surface area (Å²) in [6.07, 6.45) is 1.13. The Kier molecular flexibility index (Phi) is 11.5. The molecule has 1 saturated heterocycles. The number of anilines is 1. The van der Waals surface area contributed by atoms with Crippen molar-refractivity contribution in [3.8, 4) is 0 Å². The number of aliphatic hydroxyl groups excluding tert-OH is 1. The number of nitrogens with zero attached hydrogens (tertiary/aromatic N) is 4. The van der Waals surface area contributed by atoms with Crippen LogP contribution in [0.5, 0.6) is 0 Å². The molecule has 1 aromatic heterocycles. The number of halogens is 3. The van der Waals surface area contributed by atoms with Crippen LogP contribution in [0.15, 0.2) is 30.5 Å². The van der Waals surface area contributed by atoms with Gasteiger partial charge in [0.25, 0.3) is 6.43 Å². The van der Waals surface area contributed by atoms with E-state index in [1.165, 1.54) is 24.4 Å². The summed E-state index contributed by atoms with van der Waals surface area (Å²) in [7, 11) is 2.00. The number of aromatic nitrogens is 2. The van der Waals surface area contributed by atoms with Gasteiger partial charge in [-0.3, -0.25) is 24.4 Å². The first kappa shape index (κ1) is 35.8.